The van der Waals surface area contributed by atoms with Crippen LogP contribution in [0.1, 0.15) is 60.9 Å². The van der Waals surface area contributed by atoms with E-state index in [4.69, 9.17) is 0 Å². The Morgan fingerprint density at radius 3 is 2.71 bits per heavy atom. The third-order valence-electron chi connectivity index (χ3n) is 5.43. The second-order valence-electron chi connectivity index (χ2n) is 7.02. The minimum Gasteiger partial charge on any atom is -0.320 e. The molecular weight excluding hydrogens is 280 g/mol. The molecule has 1 unspecified atom stereocenters. The number of nitrogens with one attached hydrogen (secondary N) is 1. The average molecular weight is 304 g/mol. The zero-order chi connectivity index (χ0) is 14.4. The molecule has 1 amide bonds. The number of carbonyl (C=O) groups is 1. The molecule has 0 bridgehead atoms. The molecule has 1 aromatic rings. The van der Waals surface area contributed by atoms with Crippen molar-refractivity contribution in [3.05, 3.63) is 21.9 Å². The fraction of sp³-hybridized carbons (Fsp3) is 0.706. The van der Waals surface area contributed by atoms with Crippen LogP contribution in [0.25, 0.3) is 0 Å². The molecule has 21 heavy (non-hydrogen) atoms. The van der Waals surface area contributed by atoms with Gasteiger partial charge in [0.05, 0.1) is 0 Å². The van der Waals surface area contributed by atoms with Crippen molar-refractivity contribution in [2.24, 2.45) is 5.92 Å². The number of hydrogen-bond acceptors (Lipinski definition) is 3. The fourth-order valence-corrected chi connectivity index (χ4v) is 4.89. The molecule has 1 atom stereocenters. The van der Waals surface area contributed by atoms with E-state index >= 15 is 0 Å². The highest BCUT2D eigenvalue weighted by atomic mass is 32.1. The van der Waals surface area contributed by atoms with Crippen molar-refractivity contribution >= 4 is 17.2 Å². The number of aryl methyl sites for hydroxylation is 1. The van der Waals surface area contributed by atoms with E-state index in [1.54, 1.807) is 0 Å². The highest BCUT2D eigenvalue weighted by molar-refractivity contribution is 7.12. The van der Waals surface area contributed by atoms with Gasteiger partial charge in [0.25, 0.3) is 0 Å². The Morgan fingerprint density at radius 1 is 1.33 bits per heavy atom. The van der Waals surface area contributed by atoms with Crippen molar-refractivity contribution in [2.45, 2.75) is 63.6 Å². The lowest BCUT2D eigenvalue weighted by Gasteiger charge is -2.24. The highest BCUT2D eigenvalue weighted by Crippen LogP contribution is 2.47. The van der Waals surface area contributed by atoms with Gasteiger partial charge in [-0.3, -0.25) is 10.1 Å². The summed E-state index contributed by atoms with van der Waals surface area (Å²) in [7, 11) is 0. The molecular formula is C17H24N2OS. The van der Waals surface area contributed by atoms with Gasteiger partial charge in [-0.05, 0) is 44.2 Å². The number of hydrogen-bond donors (Lipinski definition) is 1. The Morgan fingerprint density at radius 2 is 2.10 bits per heavy atom. The van der Waals surface area contributed by atoms with E-state index in [1.165, 1.54) is 41.9 Å². The van der Waals surface area contributed by atoms with Crippen molar-refractivity contribution in [3.8, 4) is 0 Å². The van der Waals surface area contributed by atoms with Crippen LogP contribution in [0.15, 0.2) is 12.1 Å². The van der Waals surface area contributed by atoms with Crippen LogP contribution in [0.5, 0.6) is 0 Å². The molecule has 4 heteroatoms. The molecule has 2 saturated carbocycles. The van der Waals surface area contributed by atoms with Crippen LogP contribution in [0.2, 0.25) is 0 Å². The zero-order valence-corrected chi connectivity index (χ0v) is 13.5. The van der Waals surface area contributed by atoms with E-state index in [0.717, 1.165) is 25.3 Å². The van der Waals surface area contributed by atoms with E-state index in [1.807, 2.05) is 11.3 Å². The first-order valence-electron chi connectivity index (χ1n) is 8.33. The van der Waals surface area contributed by atoms with E-state index < -0.39 is 0 Å². The first-order valence-corrected chi connectivity index (χ1v) is 9.15. The molecule has 0 radical (unpaired) electrons. The third-order valence-corrected chi connectivity index (χ3v) is 6.48. The van der Waals surface area contributed by atoms with Crippen LogP contribution in [0, 0.1) is 12.8 Å². The second-order valence-corrected chi connectivity index (χ2v) is 8.33. The topological polar surface area (TPSA) is 32.3 Å². The predicted octanol–water partition coefficient (Wildman–Crippen LogP) is 3.60. The molecule has 3 nitrogen and oxygen atoms in total. The van der Waals surface area contributed by atoms with Crippen LogP contribution >= 0.6 is 11.3 Å². The summed E-state index contributed by atoms with van der Waals surface area (Å²) in [6.45, 7) is 3.07. The minimum absolute atomic E-state index is 0.125. The molecule has 1 saturated heterocycles. The number of rotatable bonds is 4. The van der Waals surface area contributed by atoms with Crippen LogP contribution in [-0.2, 0) is 4.79 Å². The molecule has 3 fully saturated rings. The maximum absolute atomic E-state index is 12.8. The molecule has 1 aliphatic heterocycles. The first kappa shape index (κ1) is 13.8. The molecule has 1 N–H and O–H groups in total. The van der Waals surface area contributed by atoms with Gasteiger partial charge in [-0.15, -0.1) is 11.3 Å². The number of nitrogens with zero attached hydrogens (tertiary/aromatic N) is 1. The zero-order valence-electron chi connectivity index (χ0n) is 12.7. The van der Waals surface area contributed by atoms with Crippen LogP contribution < -0.4 is 5.32 Å². The Balaban J connectivity index is 1.51. The lowest BCUT2D eigenvalue weighted by atomic mass is 10.0. The van der Waals surface area contributed by atoms with Crippen LogP contribution in [0.3, 0.4) is 0 Å². The third kappa shape index (κ3) is 2.42. The van der Waals surface area contributed by atoms with Gasteiger partial charge < -0.3 is 4.90 Å². The number of carbonyl (C=O) groups excluding carboxylic acids is 1. The van der Waals surface area contributed by atoms with E-state index in [2.05, 4.69) is 29.3 Å². The molecule has 2 heterocycles. The van der Waals surface area contributed by atoms with Gasteiger partial charge in [0, 0.05) is 16.3 Å². The van der Waals surface area contributed by atoms with E-state index in [0.29, 0.717) is 5.91 Å². The van der Waals surface area contributed by atoms with Gasteiger partial charge in [-0.1, -0.05) is 25.7 Å². The highest BCUT2D eigenvalue weighted by Gasteiger charge is 2.59. The number of thiophene rings is 1. The van der Waals surface area contributed by atoms with Gasteiger partial charge in [-0.25, -0.2) is 0 Å². The Kier molecular flexibility index (Phi) is 3.34. The van der Waals surface area contributed by atoms with Crippen LogP contribution in [0.4, 0.5) is 0 Å². The van der Waals surface area contributed by atoms with E-state index in [9.17, 15) is 4.79 Å². The monoisotopic (exact) mass is 304 g/mol. The molecule has 1 spiro atoms. The predicted molar refractivity (Wildman–Crippen MR) is 85.2 cm³/mol. The summed E-state index contributed by atoms with van der Waals surface area (Å²) in [6, 6.07) is 4.36. The first-order chi connectivity index (χ1) is 10.2. The Hall–Kier alpha value is -0.870. The molecule has 0 aromatic carbocycles. The summed E-state index contributed by atoms with van der Waals surface area (Å²) in [4.78, 5) is 17.5. The minimum atomic E-state index is -0.196. The average Bonchev–Trinajstić information content (AvgIpc) is 2.82. The molecule has 1 aromatic heterocycles. The SMILES string of the molecule is Cc1ccc(C2NC3(CC3)C(=O)N2CCC2CCCC2)s1. The Bertz CT molecular complexity index is 543. The summed E-state index contributed by atoms with van der Waals surface area (Å²) in [5.41, 5.74) is -0.196. The van der Waals surface area contributed by atoms with Gasteiger partial charge >= 0.3 is 0 Å². The quantitative estimate of drug-likeness (QED) is 0.922. The summed E-state index contributed by atoms with van der Waals surface area (Å²) in [5, 5.41) is 3.63. The van der Waals surface area contributed by atoms with Crippen molar-refractivity contribution < 1.29 is 4.79 Å². The van der Waals surface area contributed by atoms with Crippen molar-refractivity contribution in [1.29, 1.82) is 0 Å². The lowest BCUT2D eigenvalue weighted by molar-refractivity contribution is -0.131. The van der Waals surface area contributed by atoms with Gasteiger partial charge in [-0.2, -0.15) is 0 Å². The van der Waals surface area contributed by atoms with E-state index in [-0.39, 0.29) is 11.7 Å². The summed E-state index contributed by atoms with van der Waals surface area (Å²) >= 11 is 1.82. The number of amides is 1. The lowest BCUT2D eigenvalue weighted by Crippen LogP contribution is -2.33. The van der Waals surface area contributed by atoms with Gasteiger partial charge in [0.2, 0.25) is 5.91 Å². The maximum atomic E-state index is 12.8. The smallest absolute Gasteiger partial charge is 0.244 e. The Labute approximate surface area is 130 Å². The second kappa shape index (κ2) is 5.10. The van der Waals surface area contributed by atoms with Crippen molar-refractivity contribution in [1.82, 2.24) is 10.2 Å². The van der Waals surface area contributed by atoms with Crippen molar-refractivity contribution in [2.75, 3.05) is 6.54 Å². The van der Waals surface area contributed by atoms with Crippen LogP contribution in [-0.4, -0.2) is 22.9 Å². The molecule has 2 aliphatic carbocycles. The normalized spacial score (nSPS) is 28.0. The standard InChI is InChI=1S/C17H24N2OS/c1-12-6-7-14(21-12)15-18-17(9-10-17)16(20)19(15)11-8-13-4-2-3-5-13/h6-7,13,15,18H,2-5,8-11H2,1H3. The summed E-state index contributed by atoms with van der Waals surface area (Å²) in [6.07, 6.45) is 8.85. The summed E-state index contributed by atoms with van der Waals surface area (Å²) in [5.74, 6) is 1.20. The van der Waals surface area contributed by atoms with Gasteiger partial charge in [0.1, 0.15) is 11.7 Å². The molecule has 3 aliphatic rings. The largest absolute Gasteiger partial charge is 0.320 e. The maximum Gasteiger partial charge on any atom is 0.244 e. The molecule has 4 rings (SSSR count). The van der Waals surface area contributed by atoms with Gasteiger partial charge in [0.15, 0.2) is 0 Å². The molecule has 114 valence electrons. The van der Waals surface area contributed by atoms with Crippen molar-refractivity contribution in [3.63, 3.8) is 0 Å². The fourth-order valence-electron chi connectivity index (χ4n) is 3.95. The summed E-state index contributed by atoms with van der Waals surface area (Å²) < 4.78 is 0.